The molecule has 0 amide bonds. The molecular formula is C36H52O2. The molecule has 6 rings (SSSR count). The van der Waals surface area contributed by atoms with Crippen LogP contribution in [0.1, 0.15) is 126 Å². The number of carbonyl (C=O) groups is 1. The molecule has 0 aromatic heterocycles. The van der Waals surface area contributed by atoms with Gasteiger partial charge in [-0.2, -0.15) is 0 Å². The van der Waals surface area contributed by atoms with Gasteiger partial charge in [0.2, 0.25) is 0 Å². The average Bonchev–Trinajstić information content (AvgIpc) is 3.40. The minimum Gasteiger partial charge on any atom is -0.458 e. The predicted octanol–water partition coefficient (Wildman–Crippen LogP) is 9.62. The van der Waals surface area contributed by atoms with Crippen molar-refractivity contribution in [3.05, 3.63) is 46.5 Å². The summed E-state index contributed by atoms with van der Waals surface area (Å²) in [6.07, 6.45) is 20.5. The Kier molecular flexibility index (Phi) is 7.09. The summed E-state index contributed by atoms with van der Waals surface area (Å²) < 4.78 is 6.12. The van der Waals surface area contributed by atoms with Crippen molar-refractivity contribution >= 4 is 5.97 Å². The summed E-state index contributed by atoms with van der Waals surface area (Å²) >= 11 is 0. The smallest absolute Gasteiger partial charge is 0.338 e. The maximum atomic E-state index is 13.0. The van der Waals surface area contributed by atoms with Gasteiger partial charge in [0, 0.05) is 6.42 Å². The quantitative estimate of drug-likeness (QED) is 0.278. The van der Waals surface area contributed by atoms with Gasteiger partial charge in [0.15, 0.2) is 0 Å². The summed E-state index contributed by atoms with van der Waals surface area (Å²) in [4.78, 5) is 13.0. The molecule has 1 aromatic rings. The van der Waals surface area contributed by atoms with Crippen molar-refractivity contribution in [2.24, 2.45) is 46.3 Å². The molecule has 2 nitrogen and oxygen atoms in total. The monoisotopic (exact) mass is 516 g/mol. The molecule has 1 aromatic carbocycles. The molecule has 38 heavy (non-hydrogen) atoms. The Bertz CT molecular complexity index is 1060. The SMILES string of the molecule is Cc1cc(C)cc(C(=O)OC2CCC3(C)C(=CCC4C3CCC35CCC(CCCC(C)C)C3CCC45)C2)c1. The van der Waals surface area contributed by atoms with Crippen molar-refractivity contribution in [1.29, 1.82) is 0 Å². The van der Waals surface area contributed by atoms with Crippen LogP contribution in [0.2, 0.25) is 0 Å². The number of ether oxygens (including phenoxy) is 1. The average molecular weight is 517 g/mol. The van der Waals surface area contributed by atoms with E-state index in [1.807, 2.05) is 12.1 Å². The maximum absolute atomic E-state index is 13.0. The van der Waals surface area contributed by atoms with E-state index in [-0.39, 0.29) is 12.1 Å². The van der Waals surface area contributed by atoms with Crippen molar-refractivity contribution in [2.75, 3.05) is 0 Å². The fraction of sp³-hybridized carbons (Fsp3) is 0.750. The number of hydrogen-bond acceptors (Lipinski definition) is 2. The third-order valence-electron chi connectivity index (χ3n) is 12.5. The Morgan fingerprint density at radius 1 is 0.947 bits per heavy atom. The zero-order valence-electron chi connectivity index (χ0n) is 24.9. The van der Waals surface area contributed by atoms with Crippen LogP contribution in [0, 0.1) is 60.2 Å². The molecule has 0 aliphatic heterocycles. The molecular weight excluding hydrogens is 464 g/mol. The standard InChI is InChI=1S/C36H52O2/c1-23(2)7-6-8-26-13-17-36-18-15-32-30(33(36)12-11-31(26)36)10-9-28-22-29(14-16-35(28,32)5)38-34(37)27-20-24(3)19-25(4)21-27/h9,19-21,23,26,29-33H,6-8,10-18,22H2,1-5H3. The maximum Gasteiger partial charge on any atom is 0.338 e. The van der Waals surface area contributed by atoms with E-state index in [1.54, 1.807) is 5.57 Å². The molecule has 0 bridgehead atoms. The second kappa shape index (κ2) is 10.1. The first kappa shape index (κ1) is 26.6. The van der Waals surface area contributed by atoms with E-state index in [4.69, 9.17) is 4.74 Å². The molecule has 5 aliphatic rings. The lowest BCUT2D eigenvalue weighted by molar-refractivity contribution is -0.0554. The van der Waals surface area contributed by atoms with Crippen LogP contribution in [0.5, 0.6) is 0 Å². The zero-order chi connectivity index (χ0) is 26.7. The Hall–Kier alpha value is -1.57. The number of aryl methyl sites for hydroxylation is 2. The summed E-state index contributed by atoms with van der Waals surface area (Å²) in [5.41, 5.74) is 5.59. The van der Waals surface area contributed by atoms with Crippen LogP contribution in [-0.2, 0) is 4.74 Å². The molecule has 1 spiro atoms. The lowest BCUT2D eigenvalue weighted by Crippen LogP contribution is -2.50. The highest BCUT2D eigenvalue weighted by atomic mass is 16.5. The Balaban J connectivity index is 1.13. The Labute approximate surface area is 232 Å². The zero-order valence-corrected chi connectivity index (χ0v) is 24.9. The molecule has 0 radical (unpaired) electrons. The molecule has 0 saturated heterocycles. The van der Waals surface area contributed by atoms with Gasteiger partial charge in [-0.25, -0.2) is 4.79 Å². The topological polar surface area (TPSA) is 26.3 Å². The summed E-state index contributed by atoms with van der Waals surface area (Å²) in [6, 6.07) is 6.06. The number of hydrogen-bond donors (Lipinski definition) is 0. The summed E-state index contributed by atoms with van der Waals surface area (Å²) in [5, 5.41) is 0. The van der Waals surface area contributed by atoms with Gasteiger partial charge < -0.3 is 4.74 Å². The Morgan fingerprint density at radius 2 is 1.68 bits per heavy atom. The number of allylic oxidation sites excluding steroid dienone is 1. The predicted molar refractivity (Wildman–Crippen MR) is 156 cm³/mol. The van der Waals surface area contributed by atoms with Crippen LogP contribution in [0.3, 0.4) is 0 Å². The largest absolute Gasteiger partial charge is 0.458 e. The van der Waals surface area contributed by atoms with E-state index in [0.717, 1.165) is 59.5 Å². The van der Waals surface area contributed by atoms with Crippen LogP contribution < -0.4 is 0 Å². The highest BCUT2D eigenvalue weighted by Crippen LogP contribution is 2.71. The van der Waals surface area contributed by atoms with Gasteiger partial charge in [-0.3, -0.25) is 0 Å². The number of carbonyl (C=O) groups excluding carboxylic acids is 1. The van der Waals surface area contributed by atoms with Crippen molar-refractivity contribution in [3.8, 4) is 0 Å². The van der Waals surface area contributed by atoms with Gasteiger partial charge in [-0.15, -0.1) is 0 Å². The lowest BCUT2D eigenvalue weighted by Gasteiger charge is -2.58. The molecule has 4 saturated carbocycles. The number of rotatable bonds is 6. The van der Waals surface area contributed by atoms with Crippen LogP contribution in [0.25, 0.3) is 0 Å². The van der Waals surface area contributed by atoms with E-state index in [1.165, 1.54) is 70.6 Å². The number of esters is 1. The molecule has 8 unspecified atom stereocenters. The molecule has 8 atom stereocenters. The molecule has 208 valence electrons. The van der Waals surface area contributed by atoms with Gasteiger partial charge >= 0.3 is 5.97 Å². The van der Waals surface area contributed by atoms with Gasteiger partial charge in [-0.05, 0) is 130 Å². The second-order valence-corrected chi connectivity index (χ2v) is 15.0. The van der Waals surface area contributed by atoms with Crippen molar-refractivity contribution in [3.63, 3.8) is 0 Å². The molecule has 2 heteroatoms. The lowest BCUT2D eigenvalue weighted by atomic mass is 9.47. The third-order valence-corrected chi connectivity index (χ3v) is 12.5. The fourth-order valence-electron chi connectivity index (χ4n) is 10.9. The normalized spacial score (nSPS) is 39.7. The molecule has 5 aliphatic carbocycles. The minimum absolute atomic E-state index is 0.0337. The van der Waals surface area contributed by atoms with Gasteiger partial charge in [0.25, 0.3) is 0 Å². The molecule has 0 heterocycles. The van der Waals surface area contributed by atoms with Crippen molar-refractivity contribution in [2.45, 2.75) is 124 Å². The summed E-state index contributed by atoms with van der Waals surface area (Å²) in [7, 11) is 0. The third kappa shape index (κ3) is 4.50. The summed E-state index contributed by atoms with van der Waals surface area (Å²) in [5.74, 6) is 5.46. The highest BCUT2D eigenvalue weighted by molar-refractivity contribution is 5.90. The second-order valence-electron chi connectivity index (χ2n) is 15.0. The first-order valence-corrected chi connectivity index (χ1v) is 16.2. The van der Waals surface area contributed by atoms with Crippen LogP contribution in [0.15, 0.2) is 29.8 Å². The van der Waals surface area contributed by atoms with Crippen LogP contribution in [0.4, 0.5) is 0 Å². The first-order valence-electron chi connectivity index (χ1n) is 16.2. The van der Waals surface area contributed by atoms with E-state index >= 15 is 0 Å². The fourth-order valence-corrected chi connectivity index (χ4v) is 10.9. The van der Waals surface area contributed by atoms with Crippen LogP contribution in [-0.4, -0.2) is 12.1 Å². The summed E-state index contributed by atoms with van der Waals surface area (Å²) in [6.45, 7) is 11.5. The highest BCUT2D eigenvalue weighted by Gasteiger charge is 2.63. The van der Waals surface area contributed by atoms with E-state index in [2.05, 4.69) is 46.8 Å². The number of fused-ring (bicyclic) bond motifs is 4. The molecule has 4 fully saturated rings. The molecule has 0 N–H and O–H groups in total. The van der Waals surface area contributed by atoms with E-state index < -0.39 is 0 Å². The number of benzene rings is 1. The van der Waals surface area contributed by atoms with Crippen LogP contribution >= 0.6 is 0 Å². The van der Waals surface area contributed by atoms with Crippen molar-refractivity contribution < 1.29 is 9.53 Å². The minimum atomic E-state index is -0.138. The van der Waals surface area contributed by atoms with Gasteiger partial charge in [0.05, 0.1) is 5.56 Å². The van der Waals surface area contributed by atoms with Gasteiger partial charge in [0.1, 0.15) is 6.10 Å². The van der Waals surface area contributed by atoms with Crippen molar-refractivity contribution in [1.82, 2.24) is 0 Å². The van der Waals surface area contributed by atoms with Gasteiger partial charge in [-0.1, -0.05) is 68.9 Å². The van der Waals surface area contributed by atoms with E-state index in [0.29, 0.717) is 16.4 Å². The van der Waals surface area contributed by atoms with E-state index in [9.17, 15) is 4.79 Å². The first-order chi connectivity index (χ1) is 18.2. The Morgan fingerprint density at radius 3 is 2.45 bits per heavy atom.